The Morgan fingerprint density at radius 1 is 1.00 bits per heavy atom. The molecule has 0 bridgehead atoms. The van der Waals surface area contributed by atoms with Crippen molar-refractivity contribution in [2.24, 2.45) is 17.3 Å². The summed E-state index contributed by atoms with van der Waals surface area (Å²) in [6, 6.07) is 20.9. The maximum Gasteiger partial charge on any atom is 0.311 e. The zero-order valence-corrected chi connectivity index (χ0v) is 18.6. The average Bonchev–Trinajstić information content (AvgIpc) is 3.45. The maximum atomic E-state index is 13.1. The summed E-state index contributed by atoms with van der Waals surface area (Å²) in [4.78, 5) is 25.9. The molecule has 5 rings (SSSR count). The Hall–Kier alpha value is -4.92. The molecule has 0 unspecified atom stereocenters. The predicted molar refractivity (Wildman–Crippen MR) is 129 cm³/mol. The number of azo groups is 1. The number of para-hydroxylation sites is 1. The third-order valence-electron chi connectivity index (χ3n) is 5.51. The number of amides is 2. The van der Waals surface area contributed by atoms with E-state index in [9.17, 15) is 14.7 Å². The van der Waals surface area contributed by atoms with Crippen LogP contribution in [0.15, 0.2) is 88.7 Å². The minimum absolute atomic E-state index is 0.0961. The monoisotopic (exact) mass is 468 g/mol. The third kappa shape index (κ3) is 4.34. The average molecular weight is 468 g/mol. The van der Waals surface area contributed by atoms with Crippen LogP contribution in [0.2, 0.25) is 0 Å². The van der Waals surface area contributed by atoms with Gasteiger partial charge in [0.15, 0.2) is 17.2 Å². The van der Waals surface area contributed by atoms with E-state index in [1.165, 1.54) is 6.08 Å². The fourth-order valence-electron chi connectivity index (χ4n) is 3.71. The number of ether oxygens (including phenoxy) is 2. The van der Waals surface area contributed by atoms with Gasteiger partial charge in [-0.25, -0.2) is 0 Å². The molecule has 0 saturated heterocycles. The smallest absolute Gasteiger partial charge is 0.311 e. The van der Waals surface area contributed by atoms with Crippen LogP contribution in [-0.4, -0.2) is 28.3 Å². The van der Waals surface area contributed by atoms with Crippen LogP contribution in [0.5, 0.6) is 17.4 Å². The van der Waals surface area contributed by atoms with Crippen LogP contribution in [-0.2, 0) is 11.8 Å². The number of fused-ring (bicyclic) bond motifs is 2. The number of aryl methyl sites for hydroxylation is 1. The van der Waals surface area contributed by atoms with Gasteiger partial charge >= 0.3 is 5.91 Å². The highest BCUT2D eigenvalue weighted by atomic mass is 16.7. The van der Waals surface area contributed by atoms with Crippen molar-refractivity contribution in [3.05, 3.63) is 89.6 Å². The molecule has 9 heteroatoms. The van der Waals surface area contributed by atoms with Crippen molar-refractivity contribution in [1.82, 2.24) is 9.88 Å². The highest BCUT2D eigenvalue weighted by molar-refractivity contribution is 6.05. The Morgan fingerprint density at radius 2 is 1.74 bits per heavy atom. The van der Waals surface area contributed by atoms with E-state index in [0.717, 1.165) is 5.52 Å². The van der Waals surface area contributed by atoms with Gasteiger partial charge in [-0.15, -0.1) is 10.2 Å². The first-order valence-electron chi connectivity index (χ1n) is 10.7. The minimum atomic E-state index is -0.792. The number of carbonyl (C=O) groups excluding carboxylic acids is 2. The van der Waals surface area contributed by atoms with Gasteiger partial charge in [-0.1, -0.05) is 42.5 Å². The summed E-state index contributed by atoms with van der Waals surface area (Å²) in [5, 5.41) is 21.6. The van der Waals surface area contributed by atoms with Gasteiger partial charge in [0.25, 0.3) is 5.91 Å². The van der Waals surface area contributed by atoms with Gasteiger partial charge in [0.05, 0.1) is 5.52 Å². The molecule has 0 spiro atoms. The van der Waals surface area contributed by atoms with Crippen molar-refractivity contribution in [1.29, 1.82) is 0 Å². The molecule has 0 atom stereocenters. The molecule has 1 aromatic heterocycles. The fraction of sp³-hybridized carbons (Fsp3) is 0.0769. The van der Waals surface area contributed by atoms with E-state index in [-0.39, 0.29) is 24.1 Å². The van der Waals surface area contributed by atoms with E-state index in [1.54, 1.807) is 72.3 Å². The minimum Gasteiger partial charge on any atom is -0.493 e. The summed E-state index contributed by atoms with van der Waals surface area (Å²) in [5.74, 6) is -0.275. The number of rotatable bonds is 5. The third-order valence-corrected chi connectivity index (χ3v) is 5.51. The Morgan fingerprint density at radius 3 is 2.57 bits per heavy atom. The van der Waals surface area contributed by atoms with Gasteiger partial charge in [-0.05, 0) is 42.0 Å². The van der Waals surface area contributed by atoms with Crippen LogP contribution in [0.3, 0.4) is 0 Å². The molecule has 0 fully saturated rings. The quantitative estimate of drug-likeness (QED) is 0.326. The van der Waals surface area contributed by atoms with E-state index in [1.807, 2.05) is 12.1 Å². The zero-order chi connectivity index (χ0) is 24.4. The molecular formula is C26H20N4O5. The summed E-state index contributed by atoms with van der Waals surface area (Å²) in [6.07, 6.45) is 1.48. The SMILES string of the molecule is Cn1c(O)c(N=NC(=O)C(=Cc2ccc3c(c2)OCO3)NC(=O)c2ccccc2)c2ccccc21. The lowest BCUT2D eigenvalue weighted by atomic mass is 10.1. The fourth-order valence-corrected chi connectivity index (χ4v) is 3.71. The standard InChI is InChI=1S/C26H20N4O5/c1-30-20-10-6-5-9-18(20)23(26(30)33)28-29-25(32)19(27-24(31)17-7-3-2-4-8-17)13-16-11-12-21-22(14-16)35-15-34-21/h2-14,33H,15H2,1H3,(H,27,31). The van der Waals surface area contributed by atoms with Crippen LogP contribution in [0.1, 0.15) is 15.9 Å². The number of carbonyl (C=O) groups is 2. The lowest BCUT2D eigenvalue weighted by Gasteiger charge is -2.07. The van der Waals surface area contributed by atoms with Crippen LogP contribution in [0.4, 0.5) is 5.69 Å². The normalized spacial score (nSPS) is 12.9. The zero-order valence-electron chi connectivity index (χ0n) is 18.6. The summed E-state index contributed by atoms with van der Waals surface area (Å²) in [6.45, 7) is 0.113. The summed E-state index contributed by atoms with van der Waals surface area (Å²) in [7, 11) is 1.68. The van der Waals surface area contributed by atoms with E-state index < -0.39 is 11.8 Å². The molecule has 0 aliphatic carbocycles. The molecule has 0 radical (unpaired) electrons. The van der Waals surface area contributed by atoms with Crippen LogP contribution in [0.25, 0.3) is 17.0 Å². The van der Waals surface area contributed by atoms with E-state index in [0.29, 0.717) is 28.0 Å². The number of hydrogen-bond acceptors (Lipinski definition) is 6. The molecule has 0 saturated carbocycles. The summed E-state index contributed by atoms with van der Waals surface area (Å²) >= 11 is 0. The molecule has 1 aliphatic rings. The van der Waals surface area contributed by atoms with E-state index in [2.05, 4.69) is 15.5 Å². The highest BCUT2D eigenvalue weighted by Gasteiger charge is 2.18. The number of nitrogens with zero attached hydrogens (tertiary/aromatic N) is 3. The van der Waals surface area contributed by atoms with Gasteiger partial charge in [0.1, 0.15) is 5.70 Å². The van der Waals surface area contributed by atoms with Crippen LogP contribution >= 0.6 is 0 Å². The molecule has 2 heterocycles. The van der Waals surface area contributed by atoms with Gasteiger partial charge in [0, 0.05) is 18.0 Å². The number of aromatic hydroxyl groups is 1. The molecule has 1 aliphatic heterocycles. The van der Waals surface area contributed by atoms with Crippen molar-refractivity contribution in [3.8, 4) is 17.4 Å². The van der Waals surface area contributed by atoms with Gasteiger partial charge in [-0.3, -0.25) is 9.59 Å². The molecule has 3 aromatic carbocycles. The summed E-state index contributed by atoms with van der Waals surface area (Å²) < 4.78 is 12.3. The van der Waals surface area contributed by atoms with Crippen LogP contribution in [0, 0.1) is 0 Å². The Balaban J connectivity index is 1.49. The van der Waals surface area contributed by atoms with Crippen molar-refractivity contribution in [2.45, 2.75) is 0 Å². The molecule has 35 heavy (non-hydrogen) atoms. The van der Waals surface area contributed by atoms with Gasteiger partial charge in [0.2, 0.25) is 12.7 Å². The molecule has 9 nitrogen and oxygen atoms in total. The second-order valence-corrected chi connectivity index (χ2v) is 7.74. The molecular weight excluding hydrogens is 448 g/mol. The topological polar surface area (TPSA) is 115 Å². The predicted octanol–water partition coefficient (Wildman–Crippen LogP) is 4.69. The van der Waals surface area contributed by atoms with E-state index in [4.69, 9.17) is 9.47 Å². The molecule has 4 aromatic rings. The first-order chi connectivity index (χ1) is 17.0. The largest absolute Gasteiger partial charge is 0.493 e. The number of hydrogen-bond donors (Lipinski definition) is 2. The second kappa shape index (κ2) is 9.14. The number of nitrogens with one attached hydrogen (secondary N) is 1. The highest BCUT2D eigenvalue weighted by Crippen LogP contribution is 2.38. The van der Waals surface area contributed by atoms with Crippen LogP contribution < -0.4 is 14.8 Å². The van der Waals surface area contributed by atoms with E-state index >= 15 is 0 Å². The maximum absolute atomic E-state index is 13.1. The van der Waals surface area contributed by atoms with Crippen molar-refractivity contribution in [2.75, 3.05) is 6.79 Å². The number of benzene rings is 3. The van der Waals surface area contributed by atoms with Crippen molar-refractivity contribution >= 4 is 34.5 Å². The Kier molecular flexibility index (Phi) is 5.72. The van der Waals surface area contributed by atoms with Crippen molar-refractivity contribution < 1.29 is 24.2 Å². The second-order valence-electron chi connectivity index (χ2n) is 7.74. The lowest BCUT2D eigenvalue weighted by Crippen LogP contribution is -2.26. The number of aromatic nitrogens is 1. The first kappa shape index (κ1) is 21.9. The Labute approximate surface area is 199 Å². The van der Waals surface area contributed by atoms with Gasteiger partial charge < -0.3 is 24.5 Å². The molecule has 2 amide bonds. The summed E-state index contributed by atoms with van der Waals surface area (Å²) in [5.41, 5.74) is 1.77. The molecule has 174 valence electrons. The van der Waals surface area contributed by atoms with Crippen molar-refractivity contribution in [3.63, 3.8) is 0 Å². The Bertz CT molecular complexity index is 1510. The van der Waals surface area contributed by atoms with Gasteiger partial charge in [-0.2, -0.15) is 0 Å². The first-order valence-corrected chi connectivity index (χ1v) is 10.7. The lowest BCUT2D eigenvalue weighted by molar-refractivity contribution is -0.115. The molecule has 2 N–H and O–H groups in total.